The van der Waals surface area contributed by atoms with Gasteiger partial charge >= 0.3 is 0 Å². The maximum absolute atomic E-state index is 6.33. The first-order chi connectivity index (χ1) is 14.7. The van der Waals surface area contributed by atoms with Crippen molar-refractivity contribution in [1.82, 2.24) is 15.5 Å². The minimum Gasteiger partial charge on any atom is -0.493 e. The number of hydrogen-bond donors (Lipinski definition) is 2. The van der Waals surface area contributed by atoms with Crippen molar-refractivity contribution in [2.24, 2.45) is 4.99 Å². The first-order valence-electron chi connectivity index (χ1n) is 11.2. The summed E-state index contributed by atoms with van der Waals surface area (Å²) in [6.45, 7) is 4.24. The molecule has 0 amide bonds. The fourth-order valence-corrected chi connectivity index (χ4v) is 4.01. The molecule has 2 N–H and O–H groups in total. The van der Waals surface area contributed by atoms with E-state index in [0.717, 1.165) is 68.1 Å². The summed E-state index contributed by atoms with van der Waals surface area (Å²) in [5.41, 5.74) is 1.09. The zero-order chi connectivity index (χ0) is 21.2. The lowest BCUT2D eigenvalue weighted by molar-refractivity contribution is 0.144. The van der Waals surface area contributed by atoms with Crippen molar-refractivity contribution in [2.45, 2.75) is 57.2 Å². The number of methoxy groups -OCH3 is 2. The molecule has 0 heterocycles. The summed E-state index contributed by atoms with van der Waals surface area (Å²) in [4.78, 5) is 6.88. The van der Waals surface area contributed by atoms with E-state index in [-0.39, 0.29) is 30.1 Å². The van der Waals surface area contributed by atoms with Crippen molar-refractivity contribution < 1.29 is 14.2 Å². The number of benzene rings is 1. The van der Waals surface area contributed by atoms with Gasteiger partial charge in [-0.15, -0.1) is 24.0 Å². The molecule has 8 heteroatoms. The summed E-state index contributed by atoms with van der Waals surface area (Å²) in [6, 6.07) is 6.79. The zero-order valence-electron chi connectivity index (χ0n) is 19.2. The maximum atomic E-state index is 6.33. The van der Waals surface area contributed by atoms with Gasteiger partial charge in [-0.3, -0.25) is 9.89 Å². The van der Waals surface area contributed by atoms with Crippen LogP contribution in [0.1, 0.15) is 44.1 Å². The molecule has 2 aliphatic carbocycles. The first kappa shape index (κ1) is 26.0. The van der Waals surface area contributed by atoms with Crippen molar-refractivity contribution in [2.75, 3.05) is 47.5 Å². The summed E-state index contributed by atoms with van der Waals surface area (Å²) >= 11 is 0. The number of hydrogen-bond acceptors (Lipinski definition) is 5. The molecular weight excluding hydrogens is 507 g/mol. The molecule has 0 radical (unpaired) electrons. The van der Waals surface area contributed by atoms with Crippen molar-refractivity contribution in [3.63, 3.8) is 0 Å². The van der Waals surface area contributed by atoms with Gasteiger partial charge in [0.1, 0.15) is 0 Å². The predicted molar refractivity (Wildman–Crippen MR) is 136 cm³/mol. The van der Waals surface area contributed by atoms with Gasteiger partial charge in [0.25, 0.3) is 0 Å². The van der Waals surface area contributed by atoms with Crippen LogP contribution >= 0.6 is 24.0 Å². The van der Waals surface area contributed by atoms with Crippen LogP contribution in [0.25, 0.3) is 0 Å². The molecule has 0 unspecified atom stereocenters. The third kappa shape index (κ3) is 8.31. The van der Waals surface area contributed by atoms with E-state index in [4.69, 9.17) is 14.2 Å². The summed E-state index contributed by atoms with van der Waals surface area (Å²) in [7, 11) is 5.27. The van der Waals surface area contributed by atoms with E-state index in [0.29, 0.717) is 6.54 Å². The molecule has 2 aliphatic rings. The summed E-state index contributed by atoms with van der Waals surface area (Å²) in [5, 5.41) is 6.86. The third-order valence-electron chi connectivity index (χ3n) is 5.87. The van der Waals surface area contributed by atoms with Crippen molar-refractivity contribution in [1.29, 1.82) is 0 Å². The normalized spacial score (nSPS) is 16.8. The van der Waals surface area contributed by atoms with E-state index in [1.54, 1.807) is 21.3 Å². The molecule has 0 saturated heterocycles. The summed E-state index contributed by atoms with van der Waals surface area (Å²) < 4.78 is 17.1. The summed E-state index contributed by atoms with van der Waals surface area (Å²) in [5.74, 6) is 2.45. The number of nitrogens with one attached hydrogen (secondary N) is 2. The van der Waals surface area contributed by atoms with E-state index >= 15 is 0 Å². The minimum absolute atomic E-state index is 0. The van der Waals surface area contributed by atoms with Crippen molar-refractivity contribution >= 4 is 29.9 Å². The Labute approximate surface area is 204 Å². The second kappa shape index (κ2) is 14.0. The van der Waals surface area contributed by atoms with Gasteiger partial charge in [0.15, 0.2) is 17.5 Å². The minimum atomic E-state index is 0. The lowest BCUT2D eigenvalue weighted by atomic mass is 10.1. The number of para-hydroxylation sites is 1. The average Bonchev–Trinajstić information content (AvgIpc) is 3.49. The zero-order valence-corrected chi connectivity index (χ0v) is 21.5. The van der Waals surface area contributed by atoms with Crippen LogP contribution in [0, 0.1) is 0 Å². The fourth-order valence-electron chi connectivity index (χ4n) is 4.01. The van der Waals surface area contributed by atoms with Crippen LogP contribution in [0.15, 0.2) is 23.2 Å². The summed E-state index contributed by atoms with van der Waals surface area (Å²) in [6.07, 6.45) is 7.62. The maximum Gasteiger partial charge on any atom is 0.191 e. The van der Waals surface area contributed by atoms with Gasteiger partial charge in [-0.25, -0.2) is 0 Å². The molecule has 7 nitrogen and oxygen atoms in total. The highest BCUT2D eigenvalue weighted by Gasteiger charge is 2.28. The molecule has 176 valence electrons. The Morgan fingerprint density at radius 1 is 1.10 bits per heavy atom. The van der Waals surface area contributed by atoms with E-state index in [2.05, 4.69) is 26.6 Å². The Balaban J connectivity index is 0.00000341. The Morgan fingerprint density at radius 3 is 2.52 bits per heavy atom. The molecule has 2 saturated carbocycles. The van der Waals surface area contributed by atoms with Gasteiger partial charge in [-0.05, 0) is 44.6 Å². The average molecular weight is 546 g/mol. The van der Waals surface area contributed by atoms with Crippen LogP contribution in [0.3, 0.4) is 0 Å². The molecule has 2 fully saturated rings. The molecule has 0 atom stereocenters. The lowest BCUT2D eigenvalue weighted by Crippen LogP contribution is -2.42. The van der Waals surface area contributed by atoms with Crippen LogP contribution in [-0.4, -0.2) is 70.5 Å². The molecule has 1 aromatic carbocycles. The number of ether oxygens (including phenoxy) is 3. The number of aliphatic imine (C=N–C) groups is 1. The highest BCUT2D eigenvalue weighted by atomic mass is 127. The van der Waals surface area contributed by atoms with Crippen LogP contribution in [0.5, 0.6) is 11.5 Å². The topological polar surface area (TPSA) is 67.4 Å². The standard InChI is InChI=1S/C23H38N4O3.HI/c1-24-23(25-13-14-27(15-16-28-2)19-11-12-19)26-17-18-7-6-10-21(29-3)22(18)30-20-8-4-5-9-20;/h6-7,10,19-20H,4-5,8-9,11-17H2,1-3H3,(H2,24,25,26);1H. The molecule has 0 spiro atoms. The van der Waals surface area contributed by atoms with Gasteiger partial charge in [-0.1, -0.05) is 12.1 Å². The highest BCUT2D eigenvalue weighted by molar-refractivity contribution is 14.0. The van der Waals surface area contributed by atoms with Crippen molar-refractivity contribution in [3.05, 3.63) is 23.8 Å². The van der Waals surface area contributed by atoms with Crippen LogP contribution in [0.4, 0.5) is 0 Å². The molecule has 1 aromatic rings. The number of nitrogens with zero attached hydrogens (tertiary/aromatic N) is 2. The van der Waals surface area contributed by atoms with Gasteiger partial charge < -0.3 is 24.8 Å². The second-order valence-corrected chi connectivity index (χ2v) is 8.09. The van der Waals surface area contributed by atoms with Gasteiger partial charge in [0, 0.05) is 51.9 Å². The Morgan fingerprint density at radius 2 is 1.87 bits per heavy atom. The van der Waals surface area contributed by atoms with Crippen molar-refractivity contribution in [3.8, 4) is 11.5 Å². The number of rotatable bonds is 12. The number of halogens is 1. The predicted octanol–water partition coefficient (Wildman–Crippen LogP) is 3.41. The molecule has 0 bridgehead atoms. The second-order valence-electron chi connectivity index (χ2n) is 8.09. The van der Waals surface area contributed by atoms with E-state index < -0.39 is 0 Å². The quantitative estimate of drug-likeness (QED) is 0.238. The molecule has 3 rings (SSSR count). The number of guanidine groups is 1. The van der Waals surface area contributed by atoms with E-state index in [9.17, 15) is 0 Å². The van der Waals surface area contributed by atoms with Gasteiger partial charge in [0.2, 0.25) is 0 Å². The monoisotopic (exact) mass is 546 g/mol. The Bertz CT molecular complexity index is 679. The Hall–Kier alpha value is -1.26. The highest BCUT2D eigenvalue weighted by Crippen LogP contribution is 2.34. The van der Waals surface area contributed by atoms with Crippen LogP contribution < -0.4 is 20.1 Å². The Kier molecular flexibility index (Phi) is 11.7. The molecule has 0 aromatic heterocycles. The lowest BCUT2D eigenvalue weighted by Gasteiger charge is -2.23. The molecule has 31 heavy (non-hydrogen) atoms. The first-order valence-corrected chi connectivity index (χ1v) is 11.2. The van der Waals surface area contributed by atoms with E-state index in [1.165, 1.54) is 25.7 Å². The van der Waals surface area contributed by atoms with Crippen LogP contribution in [0.2, 0.25) is 0 Å². The smallest absolute Gasteiger partial charge is 0.191 e. The fraction of sp³-hybridized carbons (Fsp3) is 0.696. The van der Waals surface area contributed by atoms with Gasteiger partial charge in [-0.2, -0.15) is 0 Å². The van der Waals surface area contributed by atoms with Gasteiger partial charge in [0.05, 0.1) is 19.8 Å². The largest absolute Gasteiger partial charge is 0.493 e. The third-order valence-corrected chi connectivity index (χ3v) is 5.87. The SMILES string of the molecule is CN=C(NCCN(CCOC)C1CC1)NCc1cccc(OC)c1OC1CCCC1.I. The van der Waals surface area contributed by atoms with E-state index in [1.807, 2.05) is 12.1 Å². The van der Waals surface area contributed by atoms with Crippen LogP contribution in [-0.2, 0) is 11.3 Å². The molecular formula is C23H39IN4O3. The molecule has 0 aliphatic heterocycles.